The van der Waals surface area contributed by atoms with Gasteiger partial charge in [0.2, 0.25) is 0 Å². The Kier molecular flexibility index (Phi) is 7.13. The number of aliphatic hydroxyl groups is 1. The van der Waals surface area contributed by atoms with Crippen LogP contribution >= 0.6 is 0 Å². The Morgan fingerprint density at radius 2 is 1.92 bits per heavy atom. The number of rotatable bonds is 9. The summed E-state index contributed by atoms with van der Waals surface area (Å²) in [6.45, 7) is 6.86. The first-order valence-electron chi connectivity index (χ1n) is 12.9. The van der Waals surface area contributed by atoms with E-state index >= 15 is 0 Å². The van der Waals surface area contributed by atoms with Crippen molar-refractivity contribution in [1.29, 1.82) is 0 Å². The van der Waals surface area contributed by atoms with E-state index in [1.165, 1.54) is 11.2 Å². The number of nitrogens with zero attached hydrogens (tertiary/aromatic N) is 1. The van der Waals surface area contributed by atoms with Gasteiger partial charge < -0.3 is 28.6 Å². The highest BCUT2D eigenvalue weighted by Gasteiger charge is 2.46. The number of likely N-dealkylation sites (tertiary alicyclic amines) is 1. The standard InChI is InChI=1S/C30H31NO7/c1-4-12-37-24-11-8-19(16-25(24)35-5-2)27-26(29(33)30(34)31(27)17-22-7-6-13-36-22)28(32)20-9-10-23-21(15-20)14-18(3)38-23/h6-11,13,15-16,18,27,32H,4-5,12,14,17H2,1-3H3/t18-,27-/m1/s1. The fraction of sp³-hybridized carbons (Fsp3) is 0.333. The molecule has 2 atom stereocenters. The molecule has 5 rings (SSSR count). The highest BCUT2D eigenvalue weighted by molar-refractivity contribution is 6.46. The van der Waals surface area contributed by atoms with Gasteiger partial charge in [0, 0.05) is 12.0 Å². The van der Waals surface area contributed by atoms with E-state index in [4.69, 9.17) is 18.6 Å². The number of aliphatic hydroxyl groups excluding tert-OH is 1. The van der Waals surface area contributed by atoms with Crippen LogP contribution in [0.5, 0.6) is 17.2 Å². The van der Waals surface area contributed by atoms with Crippen LogP contribution in [0.15, 0.2) is 64.8 Å². The van der Waals surface area contributed by atoms with Crippen molar-refractivity contribution in [2.75, 3.05) is 13.2 Å². The van der Waals surface area contributed by atoms with Crippen molar-refractivity contribution in [2.45, 2.75) is 52.3 Å². The number of fused-ring (bicyclic) bond motifs is 1. The van der Waals surface area contributed by atoms with Gasteiger partial charge in [-0.15, -0.1) is 0 Å². The van der Waals surface area contributed by atoms with Gasteiger partial charge in [0.05, 0.1) is 37.6 Å². The summed E-state index contributed by atoms with van der Waals surface area (Å²) in [4.78, 5) is 28.2. The number of carbonyl (C=O) groups is 2. The zero-order chi connectivity index (χ0) is 26.8. The quantitative estimate of drug-likeness (QED) is 0.230. The molecule has 0 bridgehead atoms. The molecule has 0 saturated carbocycles. The second kappa shape index (κ2) is 10.7. The molecule has 1 saturated heterocycles. The van der Waals surface area contributed by atoms with Gasteiger partial charge in [0.15, 0.2) is 11.5 Å². The average molecular weight is 518 g/mol. The summed E-state index contributed by atoms with van der Waals surface area (Å²) < 4.78 is 23.0. The molecule has 0 aliphatic carbocycles. The number of carbonyl (C=O) groups excluding carboxylic acids is 2. The van der Waals surface area contributed by atoms with Crippen LogP contribution < -0.4 is 14.2 Å². The van der Waals surface area contributed by atoms with Crippen LogP contribution in [-0.4, -0.2) is 41.0 Å². The second-order valence-corrected chi connectivity index (χ2v) is 9.45. The first kappa shape index (κ1) is 25.4. The lowest BCUT2D eigenvalue weighted by atomic mass is 9.94. The Morgan fingerprint density at radius 3 is 2.66 bits per heavy atom. The van der Waals surface area contributed by atoms with Crippen molar-refractivity contribution < 1.29 is 33.3 Å². The van der Waals surface area contributed by atoms with Gasteiger partial charge in [0.1, 0.15) is 23.4 Å². The normalized spacial score (nSPS) is 19.9. The van der Waals surface area contributed by atoms with E-state index in [1.807, 2.05) is 26.8 Å². The topological polar surface area (TPSA) is 98.4 Å². The summed E-state index contributed by atoms with van der Waals surface area (Å²) in [5, 5.41) is 11.5. The third-order valence-electron chi connectivity index (χ3n) is 6.66. The number of hydrogen-bond acceptors (Lipinski definition) is 7. The minimum Gasteiger partial charge on any atom is -0.507 e. The van der Waals surface area contributed by atoms with E-state index in [2.05, 4.69) is 0 Å². The van der Waals surface area contributed by atoms with E-state index in [0.717, 1.165) is 17.7 Å². The predicted molar refractivity (Wildman–Crippen MR) is 140 cm³/mol. The third kappa shape index (κ3) is 4.74. The number of hydrogen-bond donors (Lipinski definition) is 1. The smallest absolute Gasteiger partial charge is 0.296 e. The Balaban J connectivity index is 1.63. The van der Waals surface area contributed by atoms with Crippen molar-refractivity contribution in [3.8, 4) is 17.2 Å². The molecule has 0 radical (unpaired) electrons. The van der Waals surface area contributed by atoms with Crippen molar-refractivity contribution in [2.24, 2.45) is 0 Å². The highest BCUT2D eigenvalue weighted by atomic mass is 16.5. The van der Waals surface area contributed by atoms with Crippen LogP contribution in [0, 0.1) is 0 Å². The molecule has 2 aliphatic rings. The molecule has 1 N–H and O–H groups in total. The number of benzene rings is 2. The summed E-state index contributed by atoms with van der Waals surface area (Å²) in [5.41, 5.74) is 2.02. The maximum atomic E-state index is 13.4. The largest absolute Gasteiger partial charge is 0.507 e. The Hall–Kier alpha value is -4.20. The molecule has 0 spiro atoms. The summed E-state index contributed by atoms with van der Waals surface area (Å²) >= 11 is 0. The van der Waals surface area contributed by atoms with Crippen molar-refractivity contribution in [1.82, 2.24) is 4.90 Å². The average Bonchev–Trinajstić information content (AvgIpc) is 3.62. The van der Waals surface area contributed by atoms with Crippen LogP contribution in [-0.2, 0) is 22.6 Å². The van der Waals surface area contributed by atoms with Gasteiger partial charge in [-0.2, -0.15) is 0 Å². The summed E-state index contributed by atoms with van der Waals surface area (Å²) in [5.74, 6) is 0.658. The van der Waals surface area contributed by atoms with Crippen molar-refractivity contribution in [3.63, 3.8) is 0 Å². The fourth-order valence-corrected chi connectivity index (χ4v) is 4.98. The monoisotopic (exact) mass is 517 g/mol. The molecular weight excluding hydrogens is 486 g/mol. The Bertz CT molecular complexity index is 1380. The molecule has 38 heavy (non-hydrogen) atoms. The van der Waals surface area contributed by atoms with Gasteiger partial charge in [-0.1, -0.05) is 13.0 Å². The van der Waals surface area contributed by atoms with E-state index in [-0.39, 0.29) is 24.0 Å². The van der Waals surface area contributed by atoms with Crippen LogP contribution in [0.25, 0.3) is 5.76 Å². The zero-order valence-electron chi connectivity index (χ0n) is 21.7. The number of ketones is 1. The van der Waals surface area contributed by atoms with Crippen LogP contribution in [0.4, 0.5) is 0 Å². The summed E-state index contributed by atoms with van der Waals surface area (Å²) in [6, 6.07) is 13.3. The van der Waals surface area contributed by atoms with E-state index in [9.17, 15) is 14.7 Å². The molecule has 8 heteroatoms. The Labute approximate surface area is 221 Å². The molecular formula is C30H31NO7. The van der Waals surface area contributed by atoms with E-state index < -0.39 is 17.7 Å². The Morgan fingerprint density at radius 1 is 1.08 bits per heavy atom. The zero-order valence-corrected chi connectivity index (χ0v) is 21.7. The fourth-order valence-electron chi connectivity index (χ4n) is 4.98. The first-order chi connectivity index (χ1) is 18.4. The number of amides is 1. The SMILES string of the molecule is CCCOc1ccc([C@@H]2C(=C(O)c3ccc4c(c3)C[C@@H](C)O4)C(=O)C(=O)N2Cc2ccco2)cc1OCC. The molecule has 1 amide bonds. The number of furan rings is 1. The van der Waals surface area contributed by atoms with Crippen LogP contribution in [0.3, 0.4) is 0 Å². The number of Topliss-reactive ketones (excluding diaryl/α,β-unsaturated/α-hetero) is 1. The third-order valence-corrected chi connectivity index (χ3v) is 6.66. The predicted octanol–water partition coefficient (Wildman–Crippen LogP) is 5.41. The van der Waals surface area contributed by atoms with Gasteiger partial charge >= 0.3 is 0 Å². The molecule has 2 aliphatic heterocycles. The number of ether oxygens (including phenoxy) is 3. The van der Waals surface area contributed by atoms with Crippen LogP contribution in [0.2, 0.25) is 0 Å². The lowest BCUT2D eigenvalue weighted by Crippen LogP contribution is -2.29. The van der Waals surface area contributed by atoms with Gasteiger partial charge in [-0.05, 0) is 73.9 Å². The molecule has 1 aromatic heterocycles. The van der Waals surface area contributed by atoms with Gasteiger partial charge in [0.25, 0.3) is 11.7 Å². The minimum atomic E-state index is -0.858. The molecule has 198 valence electrons. The van der Waals surface area contributed by atoms with Gasteiger partial charge in [-0.3, -0.25) is 9.59 Å². The van der Waals surface area contributed by atoms with E-state index in [1.54, 1.807) is 42.5 Å². The molecule has 0 unspecified atom stereocenters. The van der Waals surface area contributed by atoms with Gasteiger partial charge in [-0.25, -0.2) is 0 Å². The molecule has 1 fully saturated rings. The summed E-state index contributed by atoms with van der Waals surface area (Å²) in [7, 11) is 0. The maximum absolute atomic E-state index is 13.4. The molecule has 3 heterocycles. The first-order valence-corrected chi connectivity index (χ1v) is 12.9. The minimum absolute atomic E-state index is 0.0122. The lowest BCUT2D eigenvalue weighted by molar-refractivity contribution is -0.140. The summed E-state index contributed by atoms with van der Waals surface area (Å²) in [6.07, 6.45) is 3.08. The highest BCUT2D eigenvalue weighted by Crippen LogP contribution is 2.43. The molecule has 3 aromatic rings. The van der Waals surface area contributed by atoms with Crippen molar-refractivity contribution >= 4 is 17.4 Å². The van der Waals surface area contributed by atoms with E-state index in [0.29, 0.717) is 48.0 Å². The van der Waals surface area contributed by atoms with Crippen LogP contribution in [0.1, 0.15) is 55.7 Å². The lowest BCUT2D eigenvalue weighted by Gasteiger charge is -2.25. The molecule has 2 aromatic carbocycles. The second-order valence-electron chi connectivity index (χ2n) is 9.45. The molecule has 8 nitrogen and oxygen atoms in total. The van der Waals surface area contributed by atoms with Crippen molar-refractivity contribution in [3.05, 3.63) is 82.8 Å². The maximum Gasteiger partial charge on any atom is 0.296 e.